The van der Waals surface area contributed by atoms with Crippen LogP contribution in [0.1, 0.15) is 17.1 Å². The highest BCUT2D eigenvalue weighted by atomic mass is 16.5. The molecule has 0 aliphatic carbocycles. The smallest absolute Gasteiger partial charge is 0.200 e. The highest BCUT2D eigenvalue weighted by Gasteiger charge is 2.18. The van der Waals surface area contributed by atoms with E-state index in [0.29, 0.717) is 123 Å². The second-order valence-electron chi connectivity index (χ2n) is 18.6. The molecule has 0 radical (unpaired) electrons. The summed E-state index contributed by atoms with van der Waals surface area (Å²) in [7, 11) is 0. The Morgan fingerprint density at radius 2 is 0.848 bits per heavy atom. The molecule has 6 aromatic carbocycles. The molecule has 12 aromatic rings. The summed E-state index contributed by atoms with van der Waals surface area (Å²) < 4.78 is 41.1. The fraction of sp³-hybridized carbons (Fsp3) is 0.150. The van der Waals surface area contributed by atoms with E-state index >= 15 is 0 Å². The van der Waals surface area contributed by atoms with E-state index in [1.165, 1.54) is 18.6 Å². The van der Waals surface area contributed by atoms with Gasteiger partial charge >= 0.3 is 0 Å². The molecule has 0 aliphatic heterocycles. The maximum atomic E-state index is 13.5. The molecule has 0 saturated carbocycles. The Hall–Kier alpha value is -10.3. The highest BCUT2D eigenvalue weighted by molar-refractivity contribution is 5.84. The number of benzene rings is 6. The standard InChI is InChI=1S/C60H48N10O9/c71-54-31-57(42-14-8-3-9-15-42)79-58-30-48(16-19-49(54)58)76-27-24-70-37-45(63-66-70)34-67(32-43-35-68(64-61-43)22-25-74-46-17-20-55-50(28-46)59(72)52(38-77-55)40-10-4-1-5-11-40)33-44-36-69(65-62-44)23-26-75-47-18-21-56-51(29-47)60(73)53(39-78-56)41-12-6-2-7-13-41/h1-21,28-31,35-39H,22-27,32-34H2. The van der Waals surface area contributed by atoms with Gasteiger partial charge in [0.05, 0.1) is 64.0 Å². The van der Waals surface area contributed by atoms with Gasteiger partial charge in [0.2, 0.25) is 10.9 Å². The Kier molecular flexibility index (Phi) is 14.1. The predicted molar refractivity (Wildman–Crippen MR) is 293 cm³/mol. The van der Waals surface area contributed by atoms with Crippen LogP contribution in [0.25, 0.3) is 66.5 Å². The molecule has 0 spiro atoms. The molecule has 0 N–H and O–H groups in total. The van der Waals surface area contributed by atoms with Crippen LogP contribution < -0.4 is 30.5 Å². The molecule has 392 valence electrons. The lowest BCUT2D eigenvalue weighted by atomic mass is 10.1. The van der Waals surface area contributed by atoms with Crippen LogP contribution in [0.15, 0.2) is 210 Å². The lowest BCUT2D eigenvalue weighted by Crippen LogP contribution is -2.23. The quantitative estimate of drug-likeness (QED) is 0.0656. The molecule has 0 atom stereocenters. The topological polar surface area (TPSA) is 214 Å². The molecule has 6 heterocycles. The summed E-state index contributed by atoms with van der Waals surface area (Å²) in [6.07, 6.45) is 8.57. The van der Waals surface area contributed by atoms with Crippen LogP contribution in [0.4, 0.5) is 0 Å². The third kappa shape index (κ3) is 11.5. The predicted octanol–water partition coefficient (Wildman–Crippen LogP) is 9.22. The third-order valence-corrected chi connectivity index (χ3v) is 13.1. The van der Waals surface area contributed by atoms with Crippen molar-refractivity contribution in [3.05, 3.63) is 231 Å². The molecule has 0 saturated heterocycles. The van der Waals surface area contributed by atoms with E-state index in [2.05, 4.69) is 35.8 Å². The highest BCUT2D eigenvalue weighted by Crippen LogP contribution is 2.27. The number of rotatable bonds is 21. The van der Waals surface area contributed by atoms with Crippen molar-refractivity contribution >= 4 is 32.9 Å². The minimum absolute atomic E-state index is 0.135. The molecule has 0 unspecified atom stereocenters. The van der Waals surface area contributed by atoms with Gasteiger partial charge in [-0.3, -0.25) is 19.3 Å². The molecule has 0 aliphatic rings. The molecule has 0 bridgehead atoms. The van der Waals surface area contributed by atoms with E-state index in [1.54, 1.807) is 68.6 Å². The van der Waals surface area contributed by atoms with E-state index in [9.17, 15) is 14.4 Å². The summed E-state index contributed by atoms with van der Waals surface area (Å²) in [5, 5.41) is 28.0. The maximum absolute atomic E-state index is 13.5. The average Bonchev–Trinajstić information content (AvgIpc) is 4.33. The van der Waals surface area contributed by atoms with E-state index in [4.69, 9.17) is 27.5 Å². The van der Waals surface area contributed by atoms with Crippen LogP contribution in [-0.4, -0.2) is 69.7 Å². The first-order chi connectivity index (χ1) is 38.8. The Morgan fingerprint density at radius 3 is 1.30 bits per heavy atom. The summed E-state index contributed by atoms with van der Waals surface area (Å²) in [5.41, 5.74) is 6.34. The van der Waals surface area contributed by atoms with Crippen LogP contribution in [0, 0.1) is 0 Å². The number of hydrogen-bond acceptors (Lipinski definition) is 16. The zero-order valence-corrected chi connectivity index (χ0v) is 42.3. The van der Waals surface area contributed by atoms with Crippen molar-refractivity contribution in [2.24, 2.45) is 0 Å². The Morgan fingerprint density at radius 1 is 0.430 bits per heavy atom. The molecule has 19 heteroatoms. The maximum Gasteiger partial charge on any atom is 0.200 e. The monoisotopic (exact) mass is 1050 g/mol. The molecule has 0 fully saturated rings. The SMILES string of the molecule is O=c1cc(-c2ccccc2)oc2cc(OCCn3cc(CN(Cc4cn(CCOc5ccc6occ(-c7ccccc7)c(=O)c6c5)nn4)Cc4cn(CCOc5ccc6occ(-c7ccccc7)c(=O)c6c5)nn4)nn3)ccc12. The van der Waals surface area contributed by atoms with Gasteiger partial charge in [-0.25, -0.2) is 14.0 Å². The van der Waals surface area contributed by atoms with Gasteiger partial charge < -0.3 is 27.5 Å². The molecular weight excluding hydrogens is 1000 g/mol. The van der Waals surface area contributed by atoms with Gasteiger partial charge in [0.1, 0.15) is 72.1 Å². The zero-order chi connectivity index (χ0) is 53.5. The fourth-order valence-electron chi connectivity index (χ4n) is 9.19. The molecule has 12 rings (SSSR count). The number of ether oxygens (including phenoxy) is 3. The molecule has 0 amide bonds. The van der Waals surface area contributed by atoms with E-state index in [0.717, 1.165) is 16.7 Å². The zero-order valence-electron chi connectivity index (χ0n) is 42.3. The first-order valence-electron chi connectivity index (χ1n) is 25.4. The second-order valence-corrected chi connectivity index (χ2v) is 18.6. The first-order valence-corrected chi connectivity index (χ1v) is 25.4. The van der Waals surface area contributed by atoms with Gasteiger partial charge in [0.25, 0.3) is 0 Å². The largest absolute Gasteiger partial charge is 0.492 e. The van der Waals surface area contributed by atoms with Gasteiger partial charge in [-0.1, -0.05) is 107 Å². The van der Waals surface area contributed by atoms with E-state index < -0.39 is 0 Å². The number of hydrogen-bond donors (Lipinski definition) is 0. The van der Waals surface area contributed by atoms with Gasteiger partial charge in [0, 0.05) is 55.9 Å². The number of nitrogens with zero attached hydrogens (tertiary/aromatic N) is 10. The summed E-state index contributed by atoms with van der Waals surface area (Å²) in [5.74, 6) is 2.08. The van der Waals surface area contributed by atoms with Crippen LogP contribution in [-0.2, 0) is 39.3 Å². The molecule has 19 nitrogen and oxygen atoms in total. The number of fused-ring (bicyclic) bond motifs is 3. The van der Waals surface area contributed by atoms with Crippen molar-refractivity contribution in [2.45, 2.75) is 39.3 Å². The first kappa shape index (κ1) is 49.6. The number of aromatic nitrogens is 9. The summed E-state index contributed by atoms with van der Waals surface area (Å²) in [6, 6.07) is 45.4. The second kappa shape index (κ2) is 22.5. The van der Waals surface area contributed by atoms with Crippen LogP contribution >= 0.6 is 0 Å². The molecule has 79 heavy (non-hydrogen) atoms. The van der Waals surface area contributed by atoms with Gasteiger partial charge in [-0.05, 0) is 59.7 Å². The Balaban J connectivity index is 0.702. The summed E-state index contributed by atoms with van der Waals surface area (Å²) in [4.78, 5) is 41.9. The average molecular weight is 1050 g/mol. The van der Waals surface area contributed by atoms with Crippen molar-refractivity contribution < 1.29 is 27.5 Å². The van der Waals surface area contributed by atoms with E-state index in [1.807, 2.05) is 110 Å². The van der Waals surface area contributed by atoms with E-state index in [-0.39, 0.29) is 36.1 Å². The van der Waals surface area contributed by atoms with Gasteiger partial charge in [0.15, 0.2) is 5.43 Å². The molecule has 6 aromatic heterocycles. The van der Waals surface area contributed by atoms with Crippen LogP contribution in [0.3, 0.4) is 0 Å². The van der Waals surface area contributed by atoms with Crippen molar-refractivity contribution in [1.82, 2.24) is 49.9 Å². The van der Waals surface area contributed by atoms with Gasteiger partial charge in [-0.2, -0.15) is 0 Å². The Bertz CT molecular complexity index is 4090. The minimum Gasteiger partial charge on any atom is -0.492 e. The normalized spacial score (nSPS) is 11.5. The lowest BCUT2D eigenvalue weighted by Gasteiger charge is -2.18. The lowest BCUT2D eigenvalue weighted by molar-refractivity contribution is 0.238. The Labute approximate surface area is 449 Å². The van der Waals surface area contributed by atoms with Crippen molar-refractivity contribution in [1.29, 1.82) is 0 Å². The van der Waals surface area contributed by atoms with Crippen LogP contribution in [0.2, 0.25) is 0 Å². The fourth-order valence-corrected chi connectivity index (χ4v) is 9.19. The minimum atomic E-state index is -0.141. The van der Waals surface area contributed by atoms with Crippen molar-refractivity contribution in [3.63, 3.8) is 0 Å². The summed E-state index contributed by atoms with van der Waals surface area (Å²) in [6.45, 7) is 3.11. The third-order valence-electron chi connectivity index (χ3n) is 13.1. The van der Waals surface area contributed by atoms with Crippen LogP contribution in [0.5, 0.6) is 17.2 Å². The summed E-state index contributed by atoms with van der Waals surface area (Å²) >= 11 is 0. The van der Waals surface area contributed by atoms with Crippen molar-refractivity contribution in [2.75, 3.05) is 19.8 Å². The van der Waals surface area contributed by atoms with Crippen molar-refractivity contribution in [3.8, 4) is 50.8 Å². The van der Waals surface area contributed by atoms with Gasteiger partial charge in [-0.15, -0.1) is 15.3 Å². The molecular formula is C60H48N10O9.